The third-order valence-electron chi connectivity index (χ3n) is 1.78. The summed E-state index contributed by atoms with van der Waals surface area (Å²) in [6.07, 6.45) is -4.37. The molecule has 0 spiro atoms. The second-order valence-corrected chi connectivity index (χ2v) is 2.80. The van der Waals surface area contributed by atoms with Gasteiger partial charge in [-0.15, -0.1) is 0 Å². The van der Waals surface area contributed by atoms with Crippen molar-refractivity contribution < 1.29 is 27.6 Å². The van der Waals surface area contributed by atoms with Crippen LogP contribution in [0.3, 0.4) is 0 Å². The minimum atomic E-state index is -5.02. The lowest BCUT2D eigenvalue weighted by Crippen LogP contribution is -2.15. The molecule has 0 saturated carbocycles. The quantitative estimate of drug-likeness (QED) is 0.454. The first-order valence-electron chi connectivity index (χ1n) is 4.08. The number of carbonyl (C=O) groups is 1. The van der Waals surface area contributed by atoms with E-state index in [9.17, 15) is 28.1 Å². The monoisotopic (exact) mass is 250 g/mol. The molecule has 0 saturated heterocycles. The molecule has 1 aromatic heterocycles. The molecule has 0 radical (unpaired) electrons. The number of esters is 1. The Kier molecular flexibility index (Phi) is 3.30. The Hall–Kier alpha value is -2.19. The molecule has 9 heteroatoms. The standard InChI is InChI=1S/C8H5F3N2O4/c1-17-7(14)4-2-3-12-6(8(9,10)11)5(4)13(15)16/h2-3H,1H3. The maximum Gasteiger partial charge on any atom is 0.440 e. The molecule has 92 valence electrons. The smallest absolute Gasteiger partial charge is 0.440 e. The minimum Gasteiger partial charge on any atom is -0.465 e. The predicted octanol–water partition coefficient (Wildman–Crippen LogP) is 1.80. The van der Waals surface area contributed by atoms with E-state index < -0.39 is 34.0 Å². The van der Waals surface area contributed by atoms with Gasteiger partial charge in [0.1, 0.15) is 5.56 Å². The van der Waals surface area contributed by atoms with Crippen LogP contribution in [0.15, 0.2) is 12.3 Å². The van der Waals surface area contributed by atoms with Crippen molar-refractivity contribution in [3.8, 4) is 0 Å². The van der Waals surface area contributed by atoms with Gasteiger partial charge in [0.25, 0.3) is 0 Å². The second-order valence-electron chi connectivity index (χ2n) is 2.80. The molecule has 0 atom stereocenters. The zero-order valence-corrected chi connectivity index (χ0v) is 8.32. The largest absolute Gasteiger partial charge is 0.465 e. The fraction of sp³-hybridized carbons (Fsp3) is 0.250. The fourth-order valence-electron chi connectivity index (χ4n) is 1.12. The molecule has 0 N–H and O–H groups in total. The highest BCUT2D eigenvalue weighted by atomic mass is 19.4. The van der Waals surface area contributed by atoms with Gasteiger partial charge < -0.3 is 4.74 Å². The van der Waals surface area contributed by atoms with Crippen LogP contribution < -0.4 is 0 Å². The number of pyridine rings is 1. The normalized spacial score (nSPS) is 11.1. The third kappa shape index (κ3) is 2.49. The number of rotatable bonds is 2. The molecule has 0 bridgehead atoms. The summed E-state index contributed by atoms with van der Waals surface area (Å²) in [7, 11) is 0.903. The van der Waals surface area contributed by atoms with E-state index in [0.717, 1.165) is 13.2 Å². The van der Waals surface area contributed by atoms with Gasteiger partial charge in [0.2, 0.25) is 5.69 Å². The van der Waals surface area contributed by atoms with Gasteiger partial charge in [-0.05, 0) is 6.07 Å². The number of halogens is 3. The summed E-state index contributed by atoms with van der Waals surface area (Å²) in [6.45, 7) is 0. The molecule has 1 heterocycles. The maximum atomic E-state index is 12.4. The first-order chi connectivity index (χ1) is 7.79. The van der Waals surface area contributed by atoms with Gasteiger partial charge in [-0.1, -0.05) is 0 Å². The second kappa shape index (κ2) is 4.36. The molecule has 6 nitrogen and oxygen atoms in total. The Labute approximate surface area is 92.2 Å². The maximum absolute atomic E-state index is 12.4. The van der Waals surface area contributed by atoms with E-state index in [1.165, 1.54) is 0 Å². The van der Waals surface area contributed by atoms with Gasteiger partial charge >= 0.3 is 17.8 Å². The number of nitrogens with zero attached hydrogens (tertiary/aromatic N) is 2. The molecule has 17 heavy (non-hydrogen) atoms. The van der Waals surface area contributed by atoms with E-state index in [2.05, 4.69) is 9.72 Å². The highest BCUT2D eigenvalue weighted by Gasteiger charge is 2.43. The summed E-state index contributed by atoms with van der Waals surface area (Å²) < 4.78 is 41.5. The van der Waals surface area contributed by atoms with Crippen molar-refractivity contribution in [2.24, 2.45) is 0 Å². The number of nitro groups is 1. The summed E-state index contributed by atoms with van der Waals surface area (Å²) in [4.78, 5) is 23.2. The van der Waals surface area contributed by atoms with Crippen LogP contribution in [0.4, 0.5) is 18.9 Å². The number of alkyl halides is 3. The van der Waals surface area contributed by atoms with Crippen molar-refractivity contribution in [3.63, 3.8) is 0 Å². The summed E-state index contributed by atoms with van der Waals surface area (Å²) in [5, 5.41) is 10.6. The van der Waals surface area contributed by atoms with E-state index in [4.69, 9.17) is 0 Å². The van der Waals surface area contributed by atoms with Gasteiger partial charge in [-0.3, -0.25) is 10.1 Å². The van der Waals surface area contributed by atoms with Gasteiger partial charge in [0.05, 0.1) is 12.0 Å². The van der Waals surface area contributed by atoms with Crippen LogP contribution in [-0.4, -0.2) is 23.0 Å². The molecule has 1 aromatic rings. The van der Waals surface area contributed by atoms with Crippen molar-refractivity contribution in [2.45, 2.75) is 6.18 Å². The zero-order chi connectivity index (χ0) is 13.2. The molecule has 1 rings (SSSR count). The van der Waals surface area contributed by atoms with Crippen LogP contribution in [0.2, 0.25) is 0 Å². The predicted molar refractivity (Wildman–Crippen MR) is 47.2 cm³/mol. The lowest BCUT2D eigenvalue weighted by atomic mass is 10.1. The molecule has 0 aromatic carbocycles. The highest BCUT2D eigenvalue weighted by Crippen LogP contribution is 2.36. The minimum absolute atomic E-state index is 0.655. The van der Waals surface area contributed by atoms with Crippen molar-refractivity contribution >= 4 is 11.7 Å². The zero-order valence-electron chi connectivity index (χ0n) is 8.32. The SMILES string of the molecule is COC(=O)c1ccnc(C(F)(F)F)c1[N+](=O)[O-]. The van der Waals surface area contributed by atoms with Crippen molar-refractivity contribution in [3.05, 3.63) is 33.6 Å². The van der Waals surface area contributed by atoms with E-state index in [1.807, 2.05) is 0 Å². The molecule has 0 aliphatic heterocycles. The van der Waals surface area contributed by atoms with E-state index in [1.54, 1.807) is 0 Å². The average Bonchev–Trinajstić information content (AvgIpc) is 2.25. The van der Waals surface area contributed by atoms with Gasteiger partial charge in [0, 0.05) is 6.20 Å². The van der Waals surface area contributed by atoms with Crippen LogP contribution in [0.25, 0.3) is 0 Å². The molecule has 0 aliphatic rings. The Morgan fingerprint density at radius 3 is 2.53 bits per heavy atom. The van der Waals surface area contributed by atoms with Crippen molar-refractivity contribution in [2.75, 3.05) is 7.11 Å². The number of hydrogen-bond acceptors (Lipinski definition) is 5. The Morgan fingerprint density at radius 1 is 1.53 bits per heavy atom. The molecule has 0 unspecified atom stereocenters. The fourth-order valence-corrected chi connectivity index (χ4v) is 1.12. The van der Waals surface area contributed by atoms with Gasteiger partial charge in [0.15, 0.2) is 0 Å². The topological polar surface area (TPSA) is 82.3 Å². The van der Waals surface area contributed by atoms with Gasteiger partial charge in [-0.25, -0.2) is 9.78 Å². The number of ether oxygens (including phenoxy) is 1. The Balaban J connectivity index is 3.54. The van der Waals surface area contributed by atoms with Crippen LogP contribution in [-0.2, 0) is 10.9 Å². The summed E-state index contributed by atoms with van der Waals surface area (Å²) in [5.74, 6) is -1.23. The van der Waals surface area contributed by atoms with Crippen LogP contribution in [0.1, 0.15) is 16.1 Å². The van der Waals surface area contributed by atoms with Crippen molar-refractivity contribution in [1.29, 1.82) is 0 Å². The van der Waals surface area contributed by atoms with Crippen LogP contribution in [0, 0.1) is 10.1 Å². The number of methoxy groups -OCH3 is 1. The van der Waals surface area contributed by atoms with Crippen molar-refractivity contribution in [1.82, 2.24) is 4.98 Å². The number of hydrogen-bond donors (Lipinski definition) is 0. The number of carbonyl (C=O) groups excluding carboxylic acids is 1. The molecular formula is C8H5F3N2O4. The van der Waals surface area contributed by atoms with Crippen LogP contribution >= 0.6 is 0 Å². The Morgan fingerprint density at radius 2 is 2.12 bits per heavy atom. The lowest BCUT2D eigenvalue weighted by Gasteiger charge is -2.08. The number of aromatic nitrogens is 1. The van der Waals surface area contributed by atoms with Gasteiger partial charge in [-0.2, -0.15) is 13.2 Å². The average molecular weight is 250 g/mol. The molecule has 0 aliphatic carbocycles. The first-order valence-corrected chi connectivity index (χ1v) is 4.08. The Bertz CT molecular complexity index is 472. The van der Waals surface area contributed by atoms with E-state index in [0.29, 0.717) is 6.20 Å². The summed E-state index contributed by atoms with van der Waals surface area (Å²) in [5.41, 5.74) is -3.93. The van der Waals surface area contributed by atoms with E-state index in [-0.39, 0.29) is 0 Å². The van der Waals surface area contributed by atoms with Crippen LogP contribution in [0.5, 0.6) is 0 Å². The summed E-state index contributed by atoms with van der Waals surface area (Å²) in [6, 6.07) is 0.791. The molecule has 0 amide bonds. The third-order valence-corrected chi connectivity index (χ3v) is 1.78. The summed E-state index contributed by atoms with van der Waals surface area (Å²) >= 11 is 0. The lowest BCUT2D eigenvalue weighted by molar-refractivity contribution is -0.388. The highest BCUT2D eigenvalue weighted by molar-refractivity contribution is 5.94. The van der Waals surface area contributed by atoms with E-state index >= 15 is 0 Å². The molecule has 0 fully saturated rings. The first kappa shape index (κ1) is 12.9. The molecular weight excluding hydrogens is 245 g/mol.